The van der Waals surface area contributed by atoms with Crippen molar-refractivity contribution in [3.8, 4) is 6.07 Å². The molecule has 2 rings (SSSR count). The van der Waals surface area contributed by atoms with Crippen molar-refractivity contribution in [1.82, 2.24) is 0 Å². The van der Waals surface area contributed by atoms with Gasteiger partial charge in [-0.2, -0.15) is 5.26 Å². The summed E-state index contributed by atoms with van der Waals surface area (Å²) in [6.07, 6.45) is 1.41. The zero-order valence-corrected chi connectivity index (χ0v) is 11.0. The number of anilines is 1. The van der Waals surface area contributed by atoms with Crippen molar-refractivity contribution < 1.29 is 18.6 Å². The van der Waals surface area contributed by atoms with Crippen molar-refractivity contribution in [1.29, 1.82) is 5.26 Å². The number of aliphatic hydroxyl groups is 1. The van der Waals surface area contributed by atoms with Crippen LogP contribution >= 0.6 is 0 Å². The number of piperidine rings is 1. The molecule has 108 valence electrons. The van der Waals surface area contributed by atoms with Crippen LogP contribution in [0.4, 0.5) is 14.5 Å². The minimum atomic E-state index is -0.732. The summed E-state index contributed by atoms with van der Waals surface area (Å²) in [5.74, 6) is -1.46. The highest BCUT2D eigenvalue weighted by atomic mass is 19.1. The van der Waals surface area contributed by atoms with Crippen molar-refractivity contribution in [3.63, 3.8) is 0 Å². The molecule has 1 fully saturated rings. The van der Waals surface area contributed by atoms with Gasteiger partial charge in [0.15, 0.2) is 11.6 Å². The number of rotatable bonds is 4. The third kappa shape index (κ3) is 3.24. The van der Waals surface area contributed by atoms with Gasteiger partial charge < -0.3 is 14.7 Å². The van der Waals surface area contributed by atoms with Gasteiger partial charge in [0, 0.05) is 13.1 Å². The first kappa shape index (κ1) is 14.7. The van der Waals surface area contributed by atoms with Crippen molar-refractivity contribution >= 4 is 5.69 Å². The fourth-order valence-corrected chi connectivity index (χ4v) is 2.43. The van der Waals surface area contributed by atoms with Gasteiger partial charge in [-0.05, 0) is 25.0 Å². The molecule has 1 heterocycles. The molecular formula is C14H16F2N2O2. The van der Waals surface area contributed by atoms with Crippen molar-refractivity contribution in [2.75, 3.05) is 31.2 Å². The fourth-order valence-electron chi connectivity index (χ4n) is 2.43. The summed E-state index contributed by atoms with van der Waals surface area (Å²) in [4.78, 5) is 1.59. The van der Waals surface area contributed by atoms with Gasteiger partial charge in [-0.3, -0.25) is 0 Å². The van der Waals surface area contributed by atoms with Crippen LogP contribution in [0.1, 0.15) is 18.4 Å². The number of hydrogen-bond donors (Lipinski definition) is 1. The second kappa shape index (κ2) is 6.64. The molecule has 0 radical (unpaired) electrons. The Morgan fingerprint density at radius 2 is 2.10 bits per heavy atom. The van der Waals surface area contributed by atoms with E-state index in [1.165, 1.54) is 0 Å². The van der Waals surface area contributed by atoms with Gasteiger partial charge in [0.1, 0.15) is 5.69 Å². The van der Waals surface area contributed by atoms with Gasteiger partial charge in [-0.25, -0.2) is 8.78 Å². The molecule has 0 aliphatic carbocycles. The van der Waals surface area contributed by atoms with Crippen LogP contribution in [0.15, 0.2) is 12.1 Å². The molecule has 0 spiro atoms. The topological polar surface area (TPSA) is 56.5 Å². The van der Waals surface area contributed by atoms with Gasteiger partial charge in [0.2, 0.25) is 0 Å². The van der Waals surface area contributed by atoms with E-state index in [0.29, 0.717) is 13.1 Å². The highest BCUT2D eigenvalue weighted by Gasteiger charge is 2.25. The number of nitrogens with zero attached hydrogens (tertiary/aromatic N) is 2. The molecule has 1 aromatic carbocycles. The molecule has 1 unspecified atom stereocenters. The van der Waals surface area contributed by atoms with E-state index in [-0.39, 0.29) is 30.6 Å². The summed E-state index contributed by atoms with van der Waals surface area (Å²) < 4.78 is 33.3. The molecule has 0 aromatic heterocycles. The average molecular weight is 282 g/mol. The Morgan fingerprint density at radius 3 is 2.70 bits per heavy atom. The third-order valence-electron chi connectivity index (χ3n) is 3.29. The molecule has 1 saturated heterocycles. The van der Waals surface area contributed by atoms with Crippen LogP contribution < -0.4 is 4.90 Å². The maximum Gasteiger partial charge on any atom is 0.150 e. The highest BCUT2D eigenvalue weighted by molar-refractivity contribution is 5.53. The molecule has 1 aliphatic heterocycles. The van der Waals surface area contributed by atoms with E-state index in [2.05, 4.69) is 0 Å². The Kier molecular flexibility index (Phi) is 4.88. The van der Waals surface area contributed by atoms with Crippen LogP contribution in [0, 0.1) is 23.0 Å². The van der Waals surface area contributed by atoms with E-state index in [1.807, 2.05) is 0 Å². The summed E-state index contributed by atoms with van der Waals surface area (Å²) in [6.45, 7) is 1.06. The number of nitriles is 1. The van der Waals surface area contributed by atoms with Gasteiger partial charge in [-0.15, -0.1) is 0 Å². The monoisotopic (exact) mass is 282 g/mol. The molecule has 0 amide bonds. The summed E-state index contributed by atoms with van der Waals surface area (Å²) in [5.41, 5.74) is -0.143. The van der Waals surface area contributed by atoms with Crippen molar-refractivity contribution in [2.24, 2.45) is 0 Å². The summed E-state index contributed by atoms with van der Waals surface area (Å²) in [5, 5.41) is 17.4. The standard InChI is InChI=1S/C14H16F2N2O2/c15-12-6-10(8-17)7-13(16)14(12)18-3-1-2-11(9-18)20-5-4-19/h6-7,11,19H,1-5,9H2. The number of benzene rings is 1. The minimum Gasteiger partial charge on any atom is -0.394 e. The maximum absolute atomic E-state index is 13.9. The molecule has 4 nitrogen and oxygen atoms in total. The Hall–Kier alpha value is -1.71. The molecule has 6 heteroatoms. The predicted octanol–water partition coefficient (Wildman–Crippen LogP) is 1.81. The maximum atomic E-state index is 13.9. The van der Waals surface area contributed by atoms with Crippen LogP contribution in [-0.2, 0) is 4.74 Å². The van der Waals surface area contributed by atoms with E-state index in [0.717, 1.165) is 25.0 Å². The van der Waals surface area contributed by atoms with Crippen LogP contribution in [0.3, 0.4) is 0 Å². The highest BCUT2D eigenvalue weighted by Crippen LogP contribution is 2.28. The first-order chi connectivity index (χ1) is 9.65. The van der Waals surface area contributed by atoms with E-state index >= 15 is 0 Å². The Morgan fingerprint density at radius 1 is 1.40 bits per heavy atom. The minimum absolute atomic E-state index is 0.0335. The predicted molar refractivity (Wildman–Crippen MR) is 69.3 cm³/mol. The van der Waals surface area contributed by atoms with Gasteiger partial charge in [-0.1, -0.05) is 0 Å². The largest absolute Gasteiger partial charge is 0.394 e. The first-order valence-electron chi connectivity index (χ1n) is 6.52. The Balaban J connectivity index is 2.17. The number of halogens is 2. The second-order valence-corrected chi connectivity index (χ2v) is 4.70. The van der Waals surface area contributed by atoms with Crippen LogP contribution in [0.2, 0.25) is 0 Å². The summed E-state index contributed by atoms with van der Waals surface area (Å²) in [7, 11) is 0. The zero-order chi connectivity index (χ0) is 14.5. The van der Waals surface area contributed by atoms with Crippen LogP contribution in [-0.4, -0.2) is 37.5 Å². The molecule has 1 aliphatic rings. The summed E-state index contributed by atoms with van der Waals surface area (Å²) in [6, 6.07) is 3.80. The number of hydrogen-bond acceptors (Lipinski definition) is 4. The molecular weight excluding hydrogens is 266 g/mol. The summed E-state index contributed by atoms with van der Waals surface area (Å²) >= 11 is 0. The lowest BCUT2D eigenvalue weighted by atomic mass is 10.1. The van der Waals surface area contributed by atoms with E-state index in [9.17, 15) is 8.78 Å². The van der Waals surface area contributed by atoms with E-state index in [1.54, 1.807) is 11.0 Å². The molecule has 0 bridgehead atoms. The van der Waals surface area contributed by atoms with Gasteiger partial charge in [0.05, 0.1) is 31.0 Å². The molecule has 1 aromatic rings. The third-order valence-corrected chi connectivity index (χ3v) is 3.29. The van der Waals surface area contributed by atoms with Gasteiger partial charge in [0.25, 0.3) is 0 Å². The quantitative estimate of drug-likeness (QED) is 0.915. The van der Waals surface area contributed by atoms with Crippen molar-refractivity contribution in [3.05, 3.63) is 29.3 Å². The first-order valence-corrected chi connectivity index (χ1v) is 6.52. The van der Waals surface area contributed by atoms with Gasteiger partial charge >= 0.3 is 0 Å². The molecule has 20 heavy (non-hydrogen) atoms. The average Bonchev–Trinajstić information content (AvgIpc) is 2.44. The second-order valence-electron chi connectivity index (χ2n) is 4.70. The van der Waals surface area contributed by atoms with E-state index in [4.69, 9.17) is 15.1 Å². The fraction of sp³-hybridized carbons (Fsp3) is 0.500. The Labute approximate surface area is 116 Å². The number of ether oxygens (including phenoxy) is 1. The lowest BCUT2D eigenvalue weighted by molar-refractivity contribution is 0.0213. The lowest BCUT2D eigenvalue weighted by Gasteiger charge is -2.34. The smallest absolute Gasteiger partial charge is 0.150 e. The van der Waals surface area contributed by atoms with Crippen molar-refractivity contribution in [2.45, 2.75) is 18.9 Å². The number of aliphatic hydroxyl groups excluding tert-OH is 1. The lowest BCUT2D eigenvalue weighted by Crippen LogP contribution is -2.41. The molecule has 1 N–H and O–H groups in total. The zero-order valence-electron chi connectivity index (χ0n) is 11.0. The molecule has 0 saturated carbocycles. The van der Waals surface area contributed by atoms with E-state index < -0.39 is 11.6 Å². The Bertz CT molecular complexity index is 493. The SMILES string of the molecule is N#Cc1cc(F)c(N2CCCC(OCCO)C2)c(F)c1. The molecule has 1 atom stereocenters. The normalized spacial score (nSPS) is 18.9. The van der Waals surface area contributed by atoms with Crippen LogP contribution in [0.5, 0.6) is 0 Å². The van der Waals surface area contributed by atoms with Crippen LogP contribution in [0.25, 0.3) is 0 Å².